The molecule has 2 aromatic rings. The van der Waals surface area contributed by atoms with E-state index >= 15 is 0 Å². The van der Waals surface area contributed by atoms with Gasteiger partial charge in [-0.1, -0.05) is 13.8 Å². The molecule has 0 amide bonds. The lowest BCUT2D eigenvalue weighted by Crippen LogP contribution is -2.10. The maximum absolute atomic E-state index is 4.80. The van der Waals surface area contributed by atoms with Crippen molar-refractivity contribution in [3.63, 3.8) is 0 Å². The summed E-state index contributed by atoms with van der Waals surface area (Å²) in [6.07, 6.45) is 0. The van der Waals surface area contributed by atoms with Crippen LogP contribution >= 0.6 is 22.7 Å². The van der Waals surface area contributed by atoms with E-state index in [1.165, 1.54) is 10.6 Å². The molecule has 6 heteroatoms. The molecule has 0 spiro atoms. The molecule has 0 atom stereocenters. The second-order valence-corrected chi connectivity index (χ2v) is 7.22. The zero-order valence-corrected chi connectivity index (χ0v) is 14.4. The van der Waals surface area contributed by atoms with E-state index in [2.05, 4.69) is 55.4 Å². The minimum absolute atomic E-state index is 0.418. The van der Waals surface area contributed by atoms with Crippen LogP contribution in [0.5, 0.6) is 0 Å². The Labute approximate surface area is 128 Å². The van der Waals surface area contributed by atoms with Crippen molar-refractivity contribution in [1.82, 2.24) is 14.9 Å². The molecular formula is C14H22N4S2. The molecule has 2 heterocycles. The van der Waals surface area contributed by atoms with Crippen molar-refractivity contribution in [2.24, 2.45) is 0 Å². The molecule has 4 nitrogen and oxygen atoms in total. The van der Waals surface area contributed by atoms with E-state index in [0.29, 0.717) is 5.92 Å². The van der Waals surface area contributed by atoms with Crippen molar-refractivity contribution in [2.75, 3.05) is 26.0 Å². The van der Waals surface area contributed by atoms with Gasteiger partial charge < -0.3 is 10.2 Å². The Morgan fingerprint density at radius 2 is 2.05 bits per heavy atom. The molecule has 0 aliphatic heterocycles. The monoisotopic (exact) mass is 310 g/mol. The van der Waals surface area contributed by atoms with E-state index in [4.69, 9.17) is 4.98 Å². The summed E-state index contributed by atoms with van der Waals surface area (Å²) >= 11 is 3.42. The first-order valence-electron chi connectivity index (χ1n) is 6.85. The highest BCUT2D eigenvalue weighted by atomic mass is 32.1. The molecule has 0 aliphatic rings. The van der Waals surface area contributed by atoms with Gasteiger partial charge in [0.25, 0.3) is 0 Å². The summed E-state index contributed by atoms with van der Waals surface area (Å²) in [5.74, 6) is 0.418. The van der Waals surface area contributed by atoms with Crippen LogP contribution in [0.3, 0.4) is 0 Å². The normalized spacial score (nSPS) is 11.6. The molecule has 2 rings (SSSR count). The SMILES string of the molecule is CCNc1nc(-c2sc(CN(C)C)nc2C(C)C)cs1. The molecule has 20 heavy (non-hydrogen) atoms. The third-order valence-corrected chi connectivity index (χ3v) is 4.64. The first kappa shape index (κ1) is 15.4. The van der Waals surface area contributed by atoms with E-state index in [-0.39, 0.29) is 0 Å². The number of thiazole rings is 2. The highest BCUT2D eigenvalue weighted by molar-refractivity contribution is 7.16. The summed E-state index contributed by atoms with van der Waals surface area (Å²) in [6.45, 7) is 8.25. The largest absolute Gasteiger partial charge is 0.362 e. The van der Waals surface area contributed by atoms with Crippen LogP contribution in [0.2, 0.25) is 0 Å². The van der Waals surface area contributed by atoms with Crippen LogP contribution in [-0.4, -0.2) is 35.5 Å². The first-order valence-corrected chi connectivity index (χ1v) is 8.55. The number of hydrogen-bond acceptors (Lipinski definition) is 6. The van der Waals surface area contributed by atoms with Crippen molar-refractivity contribution in [1.29, 1.82) is 0 Å². The third-order valence-electron chi connectivity index (χ3n) is 2.76. The summed E-state index contributed by atoms with van der Waals surface area (Å²) < 4.78 is 0. The van der Waals surface area contributed by atoms with Crippen LogP contribution in [0.4, 0.5) is 5.13 Å². The zero-order valence-electron chi connectivity index (χ0n) is 12.7. The number of aromatic nitrogens is 2. The van der Waals surface area contributed by atoms with E-state index in [1.54, 1.807) is 22.7 Å². The van der Waals surface area contributed by atoms with Crippen LogP contribution in [0, 0.1) is 0 Å². The Morgan fingerprint density at radius 1 is 1.30 bits per heavy atom. The fourth-order valence-corrected chi connectivity index (χ4v) is 4.05. The smallest absolute Gasteiger partial charge is 0.183 e. The molecule has 0 aliphatic carbocycles. The molecule has 0 radical (unpaired) electrons. The average Bonchev–Trinajstić information content (AvgIpc) is 2.95. The molecule has 0 unspecified atom stereocenters. The second kappa shape index (κ2) is 6.65. The van der Waals surface area contributed by atoms with E-state index < -0.39 is 0 Å². The van der Waals surface area contributed by atoms with E-state index in [0.717, 1.165) is 28.9 Å². The van der Waals surface area contributed by atoms with Crippen LogP contribution in [0.15, 0.2) is 5.38 Å². The van der Waals surface area contributed by atoms with Gasteiger partial charge in [-0.25, -0.2) is 9.97 Å². The van der Waals surface area contributed by atoms with Gasteiger partial charge in [0.15, 0.2) is 5.13 Å². The quantitative estimate of drug-likeness (QED) is 0.879. The van der Waals surface area contributed by atoms with Gasteiger partial charge in [-0.2, -0.15) is 0 Å². The molecule has 0 saturated heterocycles. The molecule has 0 aromatic carbocycles. The van der Waals surface area contributed by atoms with Gasteiger partial charge >= 0.3 is 0 Å². The molecule has 2 aromatic heterocycles. The summed E-state index contributed by atoms with van der Waals surface area (Å²) in [7, 11) is 4.14. The number of nitrogens with zero attached hydrogens (tertiary/aromatic N) is 3. The number of anilines is 1. The van der Waals surface area contributed by atoms with E-state index in [9.17, 15) is 0 Å². The topological polar surface area (TPSA) is 41.1 Å². The van der Waals surface area contributed by atoms with Crippen LogP contribution in [-0.2, 0) is 6.54 Å². The molecule has 0 bridgehead atoms. The van der Waals surface area contributed by atoms with Crippen molar-refractivity contribution in [2.45, 2.75) is 33.2 Å². The van der Waals surface area contributed by atoms with Gasteiger partial charge in [-0.05, 0) is 26.9 Å². The van der Waals surface area contributed by atoms with Crippen molar-refractivity contribution < 1.29 is 0 Å². The highest BCUT2D eigenvalue weighted by Crippen LogP contribution is 2.36. The lowest BCUT2D eigenvalue weighted by atomic mass is 10.1. The molecule has 0 fully saturated rings. The number of hydrogen-bond donors (Lipinski definition) is 1. The molecule has 0 saturated carbocycles. The predicted octanol–water partition coefficient (Wildman–Crippen LogP) is 3.88. The Morgan fingerprint density at radius 3 is 2.65 bits per heavy atom. The van der Waals surface area contributed by atoms with Crippen molar-refractivity contribution in [3.8, 4) is 10.6 Å². The second-order valence-electron chi connectivity index (χ2n) is 5.28. The average molecular weight is 310 g/mol. The standard InChI is InChI=1S/C14H22N4S2/c1-6-15-14-16-10(8-19-14)13-12(9(2)3)17-11(20-13)7-18(4)5/h8-9H,6-7H2,1-5H3,(H,15,16). The lowest BCUT2D eigenvalue weighted by Gasteiger charge is -2.05. The summed E-state index contributed by atoms with van der Waals surface area (Å²) in [5, 5.41) is 7.54. The molecule has 110 valence electrons. The molecular weight excluding hydrogens is 288 g/mol. The Kier molecular flexibility index (Phi) is 5.12. The van der Waals surface area contributed by atoms with Gasteiger partial charge in [0.1, 0.15) is 5.01 Å². The van der Waals surface area contributed by atoms with Gasteiger partial charge in [-0.15, -0.1) is 22.7 Å². The number of nitrogens with one attached hydrogen (secondary N) is 1. The first-order chi connectivity index (χ1) is 9.51. The van der Waals surface area contributed by atoms with Gasteiger partial charge in [-0.3, -0.25) is 0 Å². The predicted molar refractivity (Wildman–Crippen MR) is 88.9 cm³/mol. The summed E-state index contributed by atoms with van der Waals surface area (Å²) in [6, 6.07) is 0. The van der Waals surface area contributed by atoms with Gasteiger partial charge in [0.05, 0.1) is 16.3 Å². The maximum Gasteiger partial charge on any atom is 0.183 e. The van der Waals surface area contributed by atoms with Crippen LogP contribution < -0.4 is 5.32 Å². The van der Waals surface area contributed by atoms with Crippen LogP contribution in [0.1, 0.15) is 37.4 Å². The number of rotatable bonds is 6. The zero-order chi connectivity index (χ0) is 14.7. The summed E-state index contributed by atoms with van der Waals surface area (Å²) in [4.78, 5) is 12.8. The van der Waals surface area contributed by atoms with Gasteiger partial charge in [0, 0.05) is 18.5 Å². The highest BCUT2D eigenvalue weighted by Gasteiger charge is 2.18. The maximum atomic E-state index is 4.80. The fourth-order valence-electron chi connectivity index (χ4n) is 1.90. The third kappa shape index (κ3) is 3.56. The Bertz CT molecular complexity index is 557. The fraction of sp³-hybridized carbons (Fsp3) is 0.571. The van der Waals surface area contributed by atoms with E-state index in [1.807, 2.05) is 0 Å². The minimum Gasteiger partial charge on any atom is -0.362 e. The summed E-state index contributed by atoms with van der Waals surface area (Å²) in [5.41, 5.74) is 2.22. The Hall–Kier alpha value is -0.980. The van der Waals surface area contributed by atoms with Crippen molar-refractivity contribution >= 4 is 27.8 Å². The lowest BCUT2D eigenvalue weighted by molar-refractivity contribution is 0.401. The molecule has 1 N–H and O–H groups in total. The van der Waals surface area contributed by atoms with Gasteiger partial charge in [0.2, 0.25) is 0 Å². The van der Waals surface area contributed by atoms with Crippen molar-refractivity contribution in [3.05, 3.63) is 16.1 Å². The minimum atomic E-state index is 0.418. The Balaban J connectivity index is 2.34. The van der Waals surface area contributed by atoms with Crippen LogP contribution in [0.25, 0.3) is 10.6 Å².